The van der Waals surface area contributed by atoms with Crippen molar-refractivity contribution in [1.29, 1.82) is 0 Å². The molecule has 0 saturated carbocycles. The number of rotatable bonds is 5. The van der Waals surface area contributed by atoms with E-state index >= 15 is 0 Å². The molecule has 0 fully saturated rings. The molecule has 0 unspecified atom stereocenters. The van der Waals surface area contributed by atoms with E-state index in [0.29, 0.717) is 27.1 Å². The number of benzene rings is 2. The van der Waals surface area contributed by atoms with E-state index in [1.165, 1.54) is 6.92 Å². The first kappa shape index (κ1) is 15.7. The Morgan fingerprint density at radius 1 is 1.14 bits per heavy atom. The molecule has 0 radical (unpaired) electrons. The van der Waals surface area contributed by atoms with Gasteiger partial charge in [-0.2, -0.15) is 0 Å². The van der Waals surface area contributed by atoms with Crippen molar-refractivity contribution >= 4 is 29.0 Å². The van der Waals surface area contributed by atoms with Gasteiger partial charge < -0.3 is 9.47 Å². The van der Waals surface area contributed by atoms with Crippen molar-refractivity contribution in [3.8, 4) is 11.5 Å². The third kappa shape index (κ3) is 3.90. The zero-order chi connectivity index (χ0) is 15.4. The van der Waals surface area contributed by atoms with Gasteiger partial charge >= 0.3 is 0 Å². The molecule has 0 spiro atoms. The van der Waals surface area contributed by atoms with Crippen molar-refractivity contribution in [2.75, 3.05) is 7.11 Å². The van der Waals surface area contributed by atoms with Gasteiger partial charge in [-0.15, -0.1) is 0 Å². The third-order valence-corrected chi connectivity index (χ3v) is 3.56. The van der Waals surface area contributed by atoms with E-state index < -0.39 is 0 Å². The number of halogens is 2. The molecule has 0 aliphatic heterocycles. The Balaban J connectivity index is 2.26. The minimum absolute atomic E-state index is 0.0788. The summed E-state index contributed by atoms with van der Waals surface area (Å²) in [5.74, 6) is 0.995. The fourth-order valence-electron chi connectivity index (χ4n) is 1.85. The van der Waals surface area contributed by atoms with Gasteiger partial charge in [0, 0.05) is 21.7 Å². The topological polar surface area (TPSA) is 35.5 Å². The van der Waals surface area contributed by atoms with E-state index in [0.717, 1.165) is 5.56 Å². The maximum atomic E-state index is 11.6. The molecule has 110 valence electrons. The van der Waals surface area contributed by atoms with Crippen LogP contribution in [-0.2, 0) is 6.61 Å². The monoisotopic (exact) mass is 324 g/mol. The molecule has 0 atom stereocenters. The molecular formula is C16H14Cl2O3. The molecule has 0 heterocycles. The van der Waals surface area contributed by atoms with Gasteiger partial charge in [-0.3, -0.25) is 4.79 Å². The Morgan fingerprint density at radius 2 is 1.90 bits per heavy atom. The minimum Gasteiger partial charge on any atom is -0.497 e. The molecule has 2 aromatic rings. The van der Waals surface area contributed by atoms with Crippen molar-refractivity contribution in [3.63, 3.8) is 0 Å². The number of ketones is 1. The number of hydrogen-bond donors (Lipinski definition) is 0. The molecule has 0 amide bonds. The van der Waals surface area contributed by atoms with Crippen LogP contribution in [0.25, 0.3) is 0 Å². The van der Waals surface area contributed by atoms with E-state index in [2.05, 4.69) is 0 Å². The van der Waals surface area contributed by atoms with Gasteiger partial charge in [-0.25, -0.2) is 0 Å². The van der Waals surface area contributed by atoms with Gasteiger partial charge in [-0.1, -0.05) is 23.2 Å². The van der Waals surface area contributed by atoms with E-state index in [1.54, 1.807) is 43.5 Å². The first-order valence-electron chi connectivity index (χ1n) is 6.27. The number of methoxy groups -OCH3 is 1. The van der Waals surface area contributed by atoms with Crippen molar-refractivity contribution in [2.24, 2.45) is 0 Å². The standard InChI is InChI=1S/C16H14Cl2O3/c1-10(19)14-5-4-13(20-2)8-16(14)21-9-11-7-12(17)3-6-15(11)18/h3-8H,9H2,1-2H3. The van der Waals surface area contributed by atoms with Crippen LogP contribution < -0.4 is 9.47 Å². The second kappa shape index (κ2) is 6.83. The number of carbonyl (C=O) groups excluding carboxylic acids is 1. The summed E-state index contributed by atoms with van der Waals surface area (Å²) < 4.78 is 10.9. The van der Waals surface area contributed by atoms with Crippen LogP contribution >= 0.6 is 23.2 Å². The van der Waals surface area contributed by atoms with Gasteiger partial charge in [0.1, 0.15) is 18.1 Å². The van der Waals surface area contributed by atoms with E-state index in [1.807, 2.05) is 0 Å². The predicted molar refractivity (Wildman–Crippen MR) is 83.8 cm³/mol. The lowest BCUT2D eigenvalue weighted by atomic mass is 10.1. The van der Waals surface area contributed by atoms with Crippen LogP contribution in [0, 0.1) is 0 Å². The average molecular weight is 325 g/mol. The highest BCUT2D eigenvalue weighted by Crippen LogP contribution is 2.28. The Bertz CT molecular complexity index is 669. The fourth-order valence-corrected chi connectivity index (χ4v) is 2.22. The summed E-state index contributed by atoms with van der Waals surface area (Å²) in [4.78, 5) is 11.6. The van der Waals surface area contributed by atoms with Crippen LogP contribution in [0.2, 0.25) is 10.0 Å². The molecule has 2 aromatic carbocycles. The van der Waals surface area contributed by atoms with Crippen LogP contribution in [0.1, 0.15) is 22.8 Å². The van der Waals surface area contributed by atoms with Crippen molar-refractivity contribution < 1.29 is 14.3 Å². The summed E-state index contributed by atoms with van der Waals surface area (Å²) in [5.41, 5.74) is 1.25. The van der Waals surface area contributed by atoms with Gasteiger partial charge in [0.25, 0.3) is 0 Å². The molecular weight excluding hydrogens is 311 g/mol. The molecule has 21 heavy (non-hydrogen) atoms. The third-order valence-electron chi connectivity index (χ3n) is 2.96. The van der Waals surface area contributed by atoms with Crippen molar-refractivity contribution in [3.05, 3.63) is 57.6 Å². The minimum atomic E-state index is -0.0788. The van der Waals surface area contributed by atoms with Crippen LogP contribution in [0.4, 0.5) is 0 Å². The van der Waals surface area contributed by atoms with Crippen LogP contribution in [0.3, 0.4) is 0 Å². The lowest BCUT2D eigenvalue weighted by Crippen LogP contribution is -2.02. The highest BCUT2D eigenvalue weighted by atomic mass is 35.5. The quantitative estimate of drug-likeness (QED) is 0.742. The summed E-state index contributed by atoms with van der Waals surface area (Å²) in [6.45, 7) is 1.70. The van der Waals surface area contributed by atoms with Crippen LogP contribution in [0.5, 0.6) is 11.5 Å². The number of carbonyl (C=O) groups is 1. The highest BCUT2D eigenvalue weighted by molar-refractivity contribution is 6.33. The Kier molecular flexibility index (Phi) is 5.10. The molecule has 0 aliphatic carbocycles. The number of Topliss-reactive ketones (excluding diaryl/α,β-unsaturated/α-hetero) is 1. The van der Waals surface area contributed by atoms with Crippen molar-refractivity contribution in [2.45, 2.75) is 13.5 Å². The lowest BCUT2D eigenvalue weighted by molar-refractivity contribution is 0.101. The summed E-state index contributed by atoms with van der Waals surface area (Å²) in [5, 5.41) is 1.14. The average Bonchev–Trinajstić information content (AvgIpc) is 2.47. The predicted octanol–water partition coefficient (Wildman–Crippen LogP) is 4.78. The van der Waals surface area contributed by atoms with E-state index in [4.69, 9.17) is 32.7 Å². The van der Waals surface area contributed by atoms with E-state index in [-0.39, 0.29) is 12.4 Å². The first-order chi connectivity index (χ1) is 10.0. The van der Waals surface area contributed by atoms with Gasteiger partial charge in [0.15, 0.2) is 5.78 Å². The Labute approximate surface area is 133 Å². The summed E-state index contributed by atoms with van der Waals surface area (Å²) in [7, 11) is 1.56. The summed E-state index contributed by atoms with van der Waals surface area (Å²) >= 11 is 12.0. The van der Waals surface area contributed by atoms with Crippen molar-refractivity contribution in [1.82, 2.24) is 0 Å². The number of hydrogen-bond acceptors (Lipinski definition) is 3. The molecule has 5 heteroatoms. The fraction of sp³-hybridized carbons (Fsp3) is 0.188. The highest BCUT2D eigenvalue weighted by Gasteiger charge is 2.11. The van der Waals surface area contributed by atoms with Crippen LogP contribution in [-0.4, -0.2) is 12.9 Å². The largest absolute Gasteiger partial charge is 0.497 e. The second-order valence-corrected chi connectivity index (χ2v) is 5.29. The van der Waals surface area contributed by atoms with E-state index in [9.17, 15) is 4.79 Å². The first-order valence-corrected chi connectivity index (χ1v) is 7.02. The molecule has 3 nitrogen and oxygen atoms in total. The smallest absolute Gasteiger partial charge is 0.163 e. The van der Waals surface area contributed by atoms with Gasteiger partial charge in [0.05, 0.1) is 12.7 Å². The molecule has 0 N–H and O–H groups in total. The summed E-state index contributed by atoms with van der Waals surface area (Å²) in [6, 6.07) is 10.2. The normalized spacial score (nSPS) is 10.3. The maximum absolute atomic E-state index is 11.6. The molecule has 0 aromatic heterocycles. The number of ether oxygens (including phenoxy) is 2. The molecule has 2 rings (SSSR count). The van der Waals surface area contributed by atoms with Gasteiger partial charge in [-0.05, 0) is 37.3 Å². The second-order valence-electron chi connectivity index (χ2n) is 4.44. The zero-order valence-corrected chi connectivity index (χ0v) is 13.2. The maximum Gasteiger partial charge on any atom is 0.163 e. The Morgan fingerprint density at radius 3 is 2.57 bits per heavy atom. The zero-order valence-electron chi connectivity index (χ0n) is 11.7. The Hall–Kier alpha value is -1.71. The van der Waals surface area contributed by atoms with Crippen LogP contribution in [0.15, 0.2) is 36.4 Å². The lowest BCUT2D eigenvalue weighted by Gasteiger charge is -2.12. The van der Waals surface area contributed by atoms with Gasteiger partial charge in [0.2, 0.25) is 0 Å². The SMILES string of the molecule is COc1ccc(C(C)=O)c(OCc2cc(Cl)ccc2Cl)c1. The molecule has 0 aliphatic rings. The molecule has 0 bridgehead atoms. The molecule has 0 saturated heterocycles. The summed E-state index contributed by atoms with van der Waals surface area (Å²) in [6.07, 6.45) is 0.